The molecule has 152 valence electrons. The largest absolute Gasteiger partial charge is 0.469 e. The molecule has 0 radical (unpaired) electrons. The number of Topliss-reactive ketones (excluding diaryl/α,β-unsaturated/α-hetero) is 1. The number of hydrogen-bond acceptors (Lipinski definition) is 6. The Hall–Kier alpha value is -2.74. The fourth-order valence-electron chi connectivity index (χ4n) is 3.50. The second-order valence-corrected chi connectivity index (χ2v) is 7.28. The van der Waals surface area contributed by atoms with Crippen LogP contribution in [0.5, 0.6) is 0 Å². The molecule has 1 aliphatic rings. The van der Waals surface area contributed by atoms with Gasteiger partial charge in [0.1, 0.15) is 6.61 Å². The summed E-state index contributed by atoms with van der Waals surface area (Å²) in [6.45, 7) is 5.01. The summed E-state index contributed by atoms with van der Waals surface area (Å²) < 4.78 is 9.60. The van der Waals surface area contributed by atoms with Gasteiger partial charge in [0.15, 0.2) is 5.78 Å². The molecule has 0 heterocycles. The number of methoxy groups -OCH3 is 2. The number of ether oxygens (including phenoxy) is 2. The third-order valence-corrected chi connectivity index (χ3v) is 4.90. The Kier molecular flexibility index (Phi) is 6.56. The summed E-state index contributed by atoms with van der Waals surface area (Å²) in [5.74, 6) is -3.52. The van der Waals surface area contributed by atoms with Crippen molar-refractivity contribution in [1.29, 1.82) is 0 Å². The first-order chi connectivity index (χ1) is 13.2. The Morgan fingerprint density at radius 3 is 2.32 bits per heavy atom. The van der Waals surface area contributed by atoms with E-state index in [1.165, 1.54) is 14.2 Å². The molecule has 1 aromatic carbocycles. The van der Waals surface area contributed by atoms with Crippen molar-refractivity contribution in [2.75, 3.05) is 26.1 Å². The Labute approximate surface area is 164 Å². The molecule has 0 unspecified atom stereocenters. The molecule has 1 saturated carbocycles. The summed E-state index contributed by atoms with van der Waals surface area (Å²) in [6, 6.07) is 6.34. The Bertz CT molecular complexity index is 791. The van der Waals surface area contributed by atoms with Gasteiger partial charge in [-0.1, -0.05) is 19.1 Å². The van der Waals surface area contributed by atoms with Crippen LogP contribution in [0.2, 0.25) is 0 Å². The van der Waals surface area contributed by atoms with E-state index >= 15 is 0 Å². The van der Waals surface area contributed by atoms with E-state index in [1.807, 2.05) is 0 Å². The summed E-state index contributed by atoms with van der Waals surface area (Å²) in [6.07, 6.45) is 0. The van der Waals surface area contributed by atoms with E-state index < -0.39 is 34.9 Å². The van der Waals surface area contributed by atoms with E-state index in [1.54, 1.807) is 45.0 Å². The fourth-order valence-corrected chi connectivity index (χ4v) is 3.50. The third-order valence-electron chi connectivity index (χ3n) is 4.90. The second-order valence-electron chi connectivity index (χ2n) is 7.28. The van der Waals surface area contributed by atoms with Gasteiger partial charge in [-0.3, -0.25) is 19.2 Å². The number of anilines is 1. The van der Waals surface area contributed by atoms with Crippen LogP contribution >= 0.6 is 0 Å². The van der Waals surface area contributed by atoms with Gasteiger partial charge in [0.05, 0.1) is 30.0 Å². The molecule has 0 saturated heterocycles. The molecular weight excluding hydrogens is 364 g/mol. The van der Waals surface area contributed by atoms with Crippen molar-refractivity contribution in [3.63, 3.8) is 0 Å². The maximum Gasteiger partial charge on any atom is 0.310 e. The van der Waals surface area contributed by atoms with Gasteiger partial charge in [-0.2, -0.15) is 0 Å². The van der Waals surface area contributed by atoms with Crippen LogP contribution in [0.3, 0.4) is 0 Å². The predicted molar refractivity (Wildman–Crippen MR) is 102 cm³/mol. The molecule has 1 aromatic rings. The number of rotatable bonds is 8. The van der Waals surface area contributed by atoms with Crippen molar-refractivity contribution < 1.29 is 28.7 Å². The summed E-state index contributed by atoms with van der Waals surface area (Å²) in [5, 5.41) is 5.38. The summed E-state index contributed by atoms with van der Waals surface area (Å²) >= 11 is 0. The van der Waals surface area contributed by atoms with E-state index in [0.29, 0.717) is 5.69 Å². The SMILES string of the molecule is COCC(=O)Nc1ccccc1C(=O)[C@]1(C)[C@H](C(=O)NC(C)C)[C@@H]1C(=O)OC. The van der Waals surface area contributed by atoms with E-state index in [9.17, 15) is 19.2 Å². The van der Waals surface area contributed by atoms with Crippen LogP contribution in [-0.4, -0.2) is 50.4 Å². The minimum Gasteiger partial charge on any atom is -0.469 e. The van der Waals surface area contributed by atoms with Crippen molar-refractivity contribution in [1.82, 2.24) is 5.32 Å². The second kappa shape index (κ2) is 8.52. The van der Waals surface area contributed by atoms with Crippen LogP contribution < -0.4 is 10.6 Å². The predicted octanol–water partition coefficient (Wildman–Crippen LogP) is 1.40. The lowest BCUT2D eigenvalue weighted by molar-refractivity contribution is -0.144. The van der Waals surface area contributed by atoms with Crippen LogP contribution in [0.15, 0.2) is 24.3 Å². The number of carbonyl (C=O) groups is 4. The van der Waals surface area contributed by atoms with Gasteiger partial charge in [-0.25, -0.2) is 0 Å². The summed E-state index contributed by atoms with van der Waals surface area (Å²) in [5.41, 5.74) is -0.730. The molecule has 2 amide bonds. The van der Waals surface area contributed by atoms with E-state index in [2.05, 4.69) is 10.6 Å². The summed E-state index contributed by atoms with van der Waals surface area (Å²) in [7, 11) is 2.61. The van der Waals surface area contributed by atoms with E-state index in [0.717, 1.165) is 0 Å². The molecule has 0 aromatic heterocycles. The molecule has 8 nitrogen and oxygen atoms in total. The molecule has 0 spiro atoms. The van der Waals surface area contributed by atoms with E-state index in [-0.39, 0.29) is 24.1 Å². The van der Waals surface area contributed by atoms with Gasteiger partial charge in [-0.05, 0) is 26.0 Å². The minimum atomic E-state index is -1.26. The van der Waals surface area contributed by atoms with Gasteiger partial charge in [0.25, 0.3) is 0 Å². The Morgan fingerprint density at radius 2 is 1.75 bits per heavy atom. The number of para-hydroxylation sites is 1. The number of amides is 2. The minimum absolute atomic E-state index is 0.133. The lowest BCUT2D eigenvalue weighted by Crippen LogP contribution is -2.34. The zero-order valence-electron chi connectivity index (χ0n) is 16.7. The lowest BCUT2D eigenvalue weighted by atomic mass is 9.91. The molecule has 1 aliphatic carbocycles. The normalized spacial score (nSPS) is 23.1. The quantitative estimate of drug-likeness (QED) is 0.513. The highest BCUT2D eigenvalue weighted by atomic mass is 16.5. The average molecular weight is 390 g/mol. The number of esters is 1. The average Bonchev–Trinajstić information content (AvgIpc) is 3.28. The fraction of sp³-hybridized carbons (Fsp3) is 0.500. The standard InChI is InChI=1S/C20H26N2O6/c1-11(2)21-18(25)15-16(19(26)28-5)20(15,3)17(24)12-8-6-7-9-13(12)22-14(23)10-27-4/h6-9,11,15-16H,10H2,1-5H3,(H,21,25)(H,22,23)/t15-,16+,20+/m0/s1. The van der Waals surface area contributed by atoms with Crippen LogP contribution in [0, 0.1) is 17.3 Å². The molecule has 1 fully saturated rings. The molecule has 0 bridgehead atoms. The summed E-state index contributed by atoms with van der Waals surface area (Å²) in [4.78, 5) is 50.1. The van der Waals surface area contributed by atoms with Crippen molar-refractivity contribution in [3.8, 4) is 0 Å². The smallest absolute Gasteiger partial charge is 0.310 e. The van der Waals surface area contributed by atoms with Crippen LogP contribution in [-0.2, 0) is 23.9 Å². The van der Waals surface area contributed by atoms with Crippen LogP contribution in [0.25, 0.3) is 0 Å². The van der Waals surface area contributed by atoms with Gasteiger partial charge in [0.2, 0.25) is 11.8 Å². The number of carbonyl (C=O) groups excluding carboxylic acids is 4. The molecular formula is C20H26N2O6. The molecule has 0 aliphatic heterocycles. The van der Waals surface area contributed by atoms with Crippen molar-refractivity contribution in [2.45, 2.75) is 26.8 Å². The molecule has 3 atom stereocenters. The number of nitrogens with one attached hydrogen (secondary N) is 2. The maximum absolute atomic E-state index is 13.4. The van der Waals surface area contributed by atoms with Gasteiger partial charge < -0.3 is 20.1 Å². The highest BCUT2D eigenvalue weighted by Crippen LogP contribution is 2.61. The first-order valence-corrected chi connectivity index (χ1v) is 8.99. The van der Waals surface area contributed by atoms with Crippen molar-refractivity contribution in [2.24, 2.45) is 17.3 Å². The highest BCUT2D eigenvalue weighted by molar-refractivity contribution is 6.14. The number of ketones is 1. The van der Waals surface area contributed by atoms with Gasteiger partial charge >= 0.3 is 5.97 Å². The molecule has 28 heavy (non-hydrogen) atoms. The lowest BCUT2D eigenvalue weighted by Gasteiger charge is -2.15. The molecule has 2 N–H and O–H groups in total. The van der Waals surface area contributed by atoms with Crippen LogP contribution in [0.1, 0.15) is 31.1 Å². The van der Waals surface area contributed by atoms with Crippen LogP contribution in [0.4, 0.5) is 5.69 Å². The Morgan fingerprint density at radius 1 is 1.11 bits per heavy atom. The zero-order chi connectivity index (χ0) is 21.1. The topological polar surface area (TPSA) is 111 Å². The first-order valence-electron chi connectivity index (χ1n) is 8.99. The highest BCUT2D eigenvalue weighted by Gasteiger charge is 2.73. The Balaban J connectivity index is 2.37. The first kappa shape index (κ1) is 21.6. The monoisotopic (exact) mass is 390 g/mol. The molecule has 8 heteroatoms. The van der Waals surface area contributed by atoms with Gasteiger partial charge in [0, 0.05) is 18.7 Å². The van der Waals surface area contributed by atoms with E-state index in [4.69, 9.17) is 9.47 Å². The zero-order valence-corrected chi connectivity index (χ0v) is 16.7. The third kappa shape index (κ3) is 4.06. The van der Waals surface area contributed by atoms with Gasteiger partial charge in [-0.15, -0.1) is 0 Å². The van der Waals surface area contributed by atoms with Crippen molar-refractivity contribution in [3.05, 3.63) is 29.8 Å². The maximum atomic E-state index is 13.4. The number of benzene rings is 1. The molecule has 2 rings (SSSR count). The van der Waals surface area contributed by atoms with Crippen molar-refractivity contribution >= 4 is 29.3 Å². The number of hydrogen-bond donors (Lipinski definition) is 2.